The minimum atomic E-state index is -0.833. The molecule has 0 aliphatic rings. The van der Waals surface area contributed by atoms with Crippen LogP contribution in [0.25, 0.3) is 0 Å². The van der Waals surface area contributed by atoms with E-state index in [9.17, 15) is 5.11 Å². The van der Waals surface area contributed by atoms with E-state index in [1.807, 2.05) is 0 Å². The average molecular weight is 324 g/mol. The molecule has 3 nitrogen and oxygen atoms in total. The van der Waals surface area contributed by atoms with Crippen molar-refractivity contribution in [2.75, 3.05) is 6.61 Å². The molecule has 0 aromatic rings. The van der Waals surface area contributed by atoms with Gasteiger partial charge in [-0.25, -0.2) is 0 Å². The number of hydrogen-bond acceptors (Lipinski definition) is 2. The van der Waals surface area contributed by atoms with Gasteiger partial charge in [-0.2, -0.15) is 0 Å². The van der Waals surface area contributed by atoms with E-state index in [4.69, 9.17) is 9.90 Å². The fourth-order valence-electron chi connectivity index (χ4n) is 2.38. The molecule has 0 amide bonds. The SMILES string of the molecule is CC(=O)O.CCCCCCCCC(C[O-])CCCCCC.[Na+]. The van der Waals surface area contributed by atoms with Gasteiger partial charge in [0.25, 0.3) is 5.97 Å². The van der Waals surface area contributed by atoms with E-state index in [1.54, 1.807) is 0 Å². The third-order valence-electron chi connectivity index (χ3n) is 3.67. The first kappa shape index (κ1) is 27.3. The van der Waals surface area contributed by atoms with Crippen LogP contribution in [0.4, 0.5) is 0 Å². The van der Waals surface area contributed by atoms with Crippen LogP contribution in [-0.4, -0.2) is 17.7 Å². The fraction of sp³-hybridized carbons (Fsp3) is 0.944. The number of carboxylic acid groups (broad SMARTS) is 1. The van der Waals surface area contributed by atoms with Crippen LogP contribution in [0.15, 0.2) is 0 Å². The molecule has 0 bridgehead atoms. The molecule has 0 aromatic heterocycles. The maximum Gasteiger partial charge on any atom is 1.00 e. The number of carbonyl (C=O) groups is 1. The zero-order valence-electron chi connectivity index (χ0n) is 15.5. The molecule has 0 aliphatic carbocycles. The second-order valence-electron chi connectivity index (χ2n) is 5.96. The summed E-state index contributed by atoms with van der Waals surface area (Å²) in [6.07, 6.45) is 15.7. The second-order valence-corrected chi connectivity index (χ2v) is 5.96. The van der Waals surface area contributed by atoms with Crippen LogP contribution in [0.3, 0.4) is 0 Å². The molecule has 0 rings (SSSR count). The third-order valence-corrected chi connectivity index (χ3v) is 3.67. The van der Waals surface area contributed by atoms with Crippen molar-refractivity contribution in [2.24, 2.45) is 5.92 Å². The molecule has 128 valence electrons. The van der Waals surface area contributed by atoms with Gasteiger partial charge in [0, 0.05) is 6.92 Å². The van der Waals surface area contributed by atoms with E-state index in [0.29, 0.717) is 5.92 Å². The standard InChI is InChI=1S/C16H33O.C2H4O2.Na/c1-3-5-7-9-10-12-14-16(15-17)13-11-8-6-4-2;1-2(3)4;/h16H,3-15H2,1-2H3;1H3,(H,3,4);/q-1;;+1. The van der Waals surface area contributed by atoms with Gasteiger partial charge in [-0.1, -0.05) is 96.8 Å². The minimum absolute atomic E-state index is 0. The molecule has 0 saturated carbocycles. The van der Waals surface area contributed by atoms with Crippen LogP contribution in [0.2, 0.25) is 0 Å². The van der Waals surface area contributed by atoms with Crippen molar-refractivity contribution in [3.05, 3.63) is 0 Å². The summed E-state index contributed by atoms with van der Waals surface area (Å²) in [5.41, 5.74) is 0. The summed E-state index contributed by atoms with van der Waals surface area (Å²) in [6.45, 7) is 5.73. The van der Waals surface area contributed by atoms with E-state index in [1.165, 1.54) is 77.0 Å². The Bertz CT molecular complexity index is 207. The van der Waals surface area contributed by atoms with Gasteiger partial charge in [-0.05, 0) is 0 Å². The Balaban J connectivity index is -0.000000640. The van der Waals surface area contributed by atoms with Crippen LogP contribution in [0.5, 0.6) is 0 Å². The van der Waals surface area contributed by atoms with Gasteiger partial charge in [-0.3, -0.25) is 4.79 Å². The van der Waals surface area contributed by atoms with Gasteiger partial charge in [-0.15, -0.1) is 6.61 Å². The van der Waals surface area contributed by atoms with Crippen molar-refractivity contribution >= 4 is 5.97 Å². The number of rotatable bonds is 13. The molecule has 0 spiro atoms. The quantitative estimate of drug-likeness (QED) is 0.415. The molecule has 1 unspecified atom stereocenters. The van der Waals surface area contributed by atoms with Crippen molar-refractivity contribution in [1.29, 1.82) is 0 Å². The summed E-state index contributed by atoms with van der Waals surface area (Å²) in [5.74, 6) is -0.363. The molecule has 0 aliphatic heterocycles. The third kappa shape index (κ3) is 28.6. The normalized spacial score (nSPS) is 11.1. The van der Waals surface area contributed by atoms with E-state index in [-0.39, 0.29) is 36.2 Å². The monoisotopic (exact) mass is 324 g/mol. The molecule has 0 heterocycles. The Kier molecular flexibility index (Phi) is 29.4. The van der Waals surface area contributed by atoms with Crippen molar-refractivity contribution in [3.8, 4) is 0 Å². The fourth-order valence-corrected chi connectivity index (χ4v) is 2.38. The largest absolute Gasteiger partial charge is 1.00 e. The summed E-state index contributed by atoms with van der Waals surface area (Å²) in [5, 5.41) is 18.5. The first-order valence-corrected chi connectivity index (χ1v) is 8.86. The van der Waals surface area contributed by atoms with Gasteiger partial charge in [0.05, 0.1) is 0 Å². The minimum Gasteiger partial charge on any atom is -0.854 e. The zero-order valence-corrected chi connectivity index (χ0v) is 17.5. The van der Waals surface area contributed by atoms with Crippen LogP contribution < -0.4 is 34.7 Å². The summed E-state index contributed by atoms with van der Waals surface area (Å²) in [4.78, 5) is 9.00. The second kappa shape index (κ2) is 23.7. The van der Waals surface area contributed by atoms with E-state index in [0.717, 1.165) is 6.92 Å². The summed E-state index contributed by atoms with van der Waals surface area (Å²) in [6, 6.07) is 0. The number of hydrogen-bond donors (Lipinski definition) is 1. The summed E-state index contributed by atoms with van der Waals surface area (Å²) < 4.78 is 0. The molecular formula is C18H37NaO3. The van der Waals surface area contributed by atoms with Gasteiger partial charge >= 0.3 is 29.6 Å². The number of aliphatic carboxylic acids is 1. The van der Waals surface area contributed by atoms with Gasteiger partial charge in [0.2, 0.25) is 0 Å². The van der Waals surface area contributed by atoms with Gasteiger partial charge in [0.1, 0.15) is 0 Å². The molecular weight excluding hydrogens is 287 g/mol. The first-order valence-electron chi connectivity index (χ1n) is 8.86. The average Bonchev–Trinajstić information content (AvgIpc) is 2.44. The Labute approximate surface area is 160 Å². The Morgan fingerprint density at radius 1 is 0.864 bits per heavy atom. The maximum atomic E-state index is 11.1. The molecule has 1 atom stereocenters. The van der Waals surface area contributed by atoms with Crippen LogP contribution in [0.1, 0.15) is 97.8 Å². The molecule has 0 saturated heterocycles. The van der Waals surface area contributed by atoms with Crippen LogP contribution >= 0.6 is 0 Å². The van der Waals surface area contributed by atoms with Crippen LogP contribution in [0, 0.1) is 5.92 Å². The van der Waals surface area contributed by atoms with Crippen molar-refractivity contribution in [2.45, 2.75) is 97.8 Å². The molecule has 0 radical (unpaired) electrons. The van der Waals surface area contributed by atoms with Gasteiger partial charge in [0.15, 0.2) is 0 Å². The Morgan fingerprint density at radius 2 is 1.18 bits per heavy atom. The summed E-state index contributed by atoms with van der Waals surface area (Å²) in [7, 11) is 0. The predicted molar refractivity (Wildman–Crippen MR) is 88.4 cm³/mol. The molecule has 0 fully saturated rings. The van der Waals surface area contributed by atoms with Crippen molar-refractivity contribution < 1.29 is 44.6 Å². The van der Waals surface area contributed by atoms with Crippen molar-refractivity contribution in [1.82, 2.24) is 0 Å². The molecule has 0 aromatic carbocycles. The van der Waals surface area contributed by atoms with Crippen molar-refractivity contribution in [3.63, 3.8) is 0 Å². The Morgan fingerprint density at radius 3 is 1.55 bits per heavy atom. The number of carboxylic acids is 1. The smallest absolute Gasteiger partial charge is 0.854 e. The molecule has 4 heteroatoms. The van der Waals surface area contributed by atoms with E-state index < -0.39 is 5.97 Å². The maximum absolute atomic E-state index is 11.1. The van der Waals surface area contributed by atoms with Gasteiger partial charge < -0.3 is 10.2 Å². The Hall–Kier alpha value is 0.430. The number of unbranched alkanes of at least 4 members (excludes halogenated alkanes) is 8. The topological polar surface area (TPSA) is 60.4 Å². The predicted octanol–water partition coefficient (Wildman–Crippen LogP) is 1.78. The molecule has 1 N–H and O–H groups in total. The zero-order chi connectivity index (χ0) is 16.3. The molecule has 22 heavy (non-hydrogen) atoms. The first-order chi connectivity index (χ1) is 10.1. The summed E-state index contributed by atoms with van der Waals surface area (Å²) >= 11 is 0. The van der Waals surface area contributed by atoms with Crippen LogP contribution in [-0.2, 0) is 4.79 Å². The van der Waals surface area contributed by atoms with E-state index >= 15 is 0 Å². The van der Waals surface area contributed by atoms with E-state index in [2.05, 4.69) is 13.8 Å².